The average molecular weight is 282 g/mol. The molecule has 1 aromatic rings. The van der Waals surface area contributed by atoms with Crippen molar-refractivity contribution < 1.29 is 9.53 Å². The first-order valence-electron chi connectivity index (χ1n) is 6.27. The second kappa shape index (κ2) is 7.94. The first-order chi connectivity index (χ1) is 9.04. The van der Waals surface area contributed by atoms with Gasteiger partial charge in [0.1, 0.15) is 5.75 Å². The topological polar surface area (TPSA) is 55.6 Å². The number of anilines is 1. The van der Waals surface area contributed by atoms with E-state index in [-0.39, 0.29) is 11.9 Å². The number of rotatable bonds is 7. The Labute approximate surface area is 119 Å². The quantitative estimate of drug-likeness (QED) is 0.779. The molecule has 4 nitrogen and oxygen atoms in total. The fourth-order valence-corrected chi connectivity index (χ4v) is 2.34. The van der Waals surface area contributed by atoms with E-state index >= 15 is 0 Å². The van der Waals surface area contributed by atoms with Gasteiger partial charge in [-0.25, -0.2) is 0 Å². The Hall–Kier alpha value is -1.36. The zero-order valence-electron chi connectivity index (χ0n) is 11.8. The molecule has 5 heteroatoms. The lowest BCUT2D eigenvalue weighted by molar-refractivity contribution is -0.131. The average Bonchev–Trinajstić information content (AvgIpc) is 2.38. The summed E-state index contributed by atoms with van der Waals surface area (Å²) in [7, 11) is 1.84. The lowest BCUT2D eigenvalue weighted by atomic mass is 10.3. The molecular weight excluding hydrogens is 260 g/mol. The van der Waals surface area contributed by atoms with Crippen molar-refractivity contribution in [2.45, 2.75) is 19.4 Å². The van der Waals surface area contributed by atoms with Crippen LogP contribution in [-0.4, -0.2) is 42.5 Å². The van der Waals surface area contributed by atoms with Crippen molar-refractivity contribution in [2.75, 3.05) is 31.4 Å². The maximum atomic E-state index is 11.9. The van der Waals surface area contributed by atoms with E-state index in [9.17, 15) is 4.79 Å². The summed E-state index contributed by atoms with van der Waals surface area (Å²) in [5, 5.41) is 0. The first-order valence-corrected chi connectivity index (χ1v) is 7.67. The van der Waals surface area contributed by atoms with E-state index in [1.165, 1.54) is 0 Å². The lowest BCUT2D eigenvalue weighted by Gasteiger charge is -2.24. The summed E-state index contributed by atoms with van der Waals surface area (Å²) >= 11 is 1.74. The van der Waals surface area contributed by atoms with Gasteiger partial charge in [0, 0.05) is 30.6 Å². The van der Waals surface area contributed by atoms with E-state index in [1.807, 2.05) is 32.4 Å². The predicted octanol–water partition coefficient (Wildman–Crippen LogP) is 2.25. The first kappa shape index (κ1) is 15.7. The van der Waals surface area contributed by atoms with Crippen molar-refractivity contribution >= 4 is 23.4 Å². The summed E-state index contributed by atoms with van der Waals surface area (Å²) in [6.07, 6.45) is 2.42. The summed E-state index contributed by atoms with van der Waals surface area (Å²) in [6, 6.07) is 7.47. The van der Waals surface area contributed by atoms with Crippen LogP contribution in [0, 0.1) is 0 Å². The highest BCUT2D eigenvalue weighted by Gasteiger charge is 2.14. The number of nitrogen functional groups attached to an aromatic ring is 1. The summed E-state index contributed by atoms with van der Waals surface area (Å²) in [4.78, 5) is 13.7. The Morgan fingerprint density at radius 1 is 1.53 bits per heavy atom. The van der Waals surface area contributed by atoms with Gasteiger partial charge >= 0.3 is 0 Å². The molecule has 0 aliphatic rings. The van der Waals surface area contributed by atoms with Crippen molar-refractivity contribution in [3.63, 3.8) is 0 Å². The number of carbonyl (C=O) groups excluding carboxylic acids is 1. The standard InChI is InChI=1S/C14H22N2O2S/c1-11(10-19-3)16(2)14(17)7-8-18-13-6-4-5-12(15)9-13/h4-6,9,11H,7-8,10,15H2,1-3H3. The van der Waals surface area contributed by atoms with Crippen LogP contribution >= 0.6 is 11.8 Å². The molecule has 1 atom stereocenters. The monoisotopic (exact) mass is 282 g/mol. The van der Waals surface area contributed by atoms with Crippen LogP contribution in [0.2, 0.25) is 0 Å². The van der Waals surface area contributed by atoms with Crippen LogP contribution in [0.5, 0.6) is 5.75 Å². The van der Waals surface area contributed by atoms with E-state index in [0.717, 1.165) is 5.75 Å². The van der Waals surface area contributed by atoms with Crippen molar-refractivity contribution in [1.29, 1.82) is 0 Å². The minimum absolute atomic E-state index is 0.102. The number of carbonyl (C=O) groups is 1. The number of ether oxygens (including phenoxy) is 1. The molecule has 1 unspecified atom stereocenters. The molecule has 106 valence electrons. The minimum atomic E-state index is 0.102. The van der Waals surface area contributed by atoms with E-state index < -0.39 is 0 Å². The normalized spacial score (nSPS) is 11.9. The SMILES string of the molecule is CSCC(C)N(C)C(=O)CCOc1cccc(N)c1. The van der Waals surface area contributed by atoms with Crippen LogP contribution in [0.3, 0.4) is 0 Å². The smallest absolute Gasteiger partial charge is 0.226 e. The third-order valence-electron chi connectivity index (χ3n) is 2.91. The number of hydrogen-bond acceptors (Lipinski definition) is 4. The molecule has 19 heavy (non-hydrogen) atoms. The molecule has 0 spiro atoms. The maximum absolute atomic E-state index is 11.9. The van der Waals surface area contributed by atoms with E-state index in [0.29, 0.717) is 24.5 Å². The van der Waals surface area contributed by atoms with Gasteiger partial charge in [0.25, 0.3) is 0 Å². The minimum Gasteiger partial charge on any atom is -0.493 e. The summed E-state index contributed by atoms with van der Waals surface area (Å²) < 4.78 is 5.51. The molecule has 0 saturated heterocycles. The molecule has 0 aliphatic carbocycles. The molecule has 1 aromatic carbocycles. The van der Waals surface area contributed by atoms with E-state index in [1.54, 1.807) is 28.8 Å². The Morgan fingerprint density at radius 2 is 2.26 bits per heavy atom. The van der Waals surface area contributed by atoms with E-state index in [2.05, 4.69) is 0 Å². The Morgan fingerprint density at radius 3 is 2.89 bits per heavy atom. The van der Waals surface area contributed by atoms with Crippen LogP contribution in [0.15, 0.2) is 24.3 Å². The van der Waals surface area contributed by atoms with Crippen LogP contribution in [0.4, 0.5) is 5.69 Å². The van der Waals surface area contributed by atoms with Gasteiger partial charge in [-0.3, -0.25) is 4.79 Å². The summed E-state index contributed by atoms with van der Waals surface area (Å²) in [6.45, 7) is 2.42. The third kappa shape index (κ3) is 5.42. The fraction of sp³-hybridized carbons (Fsp3) is 0.500. The molecule has 0 aromatic heterocycles. The van der Waals surface area contributed by atoms with E-state index in [4.69, 9.17) is 10.5 Å². The van der Waals surface area contributed by atoms with Crippen molar-refractivity contribution in [3.8, 4) is 5.75 Å². The molecule has 0 fully saturated rings. The van der Waals surface area contributed by atoms with Crippen LogP contribution in [-0.2, 0) is 4.79 Å². The van der Waals surface area contributed by atoms with Crippen molar-refractivity contribution in [3.05, 3.63) is 24.3 Å². The number of nitrogens with zero attached hydrogens (tertiary/aromatic N) is 1. The van der Waals surface area contributed by atoms with Gasteiger partial charge in [0.05, 0.1) is 13.0 Å². The highest BCUT2D eigenvalue weighted by molar-refractivity contribution is 7.98. The zero-order valence-corrected chi connectivity index (χ0v) is 12.6. The van der Waals surface area contributed by atoms with Crippen LogP contribution in [0.25, 0.3) is 0 Å². The van der Waals surface area contributed by atoms with Gasteiger partial charge in [-0.2, -0.15) is 11.8 Å². The highest BCUT2D eigenvalue weighted by Crippen LogP contribution is 2.14. The Balaban J connectivity index is 2.34. The molecule has 1 amide bonds. The summed E-state index contributed by atoms with van der Waals surface area (Å²) in [5.74, 6) is 1.75. The zero-order chi connectivity index (χ0) is 14.3. The second-order valence-corrected chi connectivity index (χ2v) is 5.39. The number of benzene rings is 1. The van der Waals surface area contributed by atoms with Gasteiger partial charge in [0.2, 0.25) is 5.91 Å². The van der Waals surface area contributed by atoms with Gasteiger partial charge in [-0.05, 0) is 25.3 Å². The largest absolute Gasteiger partial charge is 0.493 e. The van der Waals surface area contributed by atoms with Gasteiger partial charge < -0.3 is 15.4 Å². The molecular formula is C14H22N2O2S. The van der Waals surface area contributed by atoms with Gasteiger partial charge in [0.15, 0.2) is 0 Å². The predicted molar refractivity (Wildman–Crippen MR) is 81.6 cm³/mol. The number of thioether (sulfide) groups is 1. The number of hydrogen-bond donors (Lipinski definition) is 1. The molecule has 0 aliphatic heterocycles. The lowest BCUT2D eigenvalue weighted by Crippen LogP contribution is -2.37. The highest BCUT2D eigenvalue weighted by atomic mass is 32.2. The molecule has 0 heterocycles. The molecule has 1 rings (SSSR count). The van der Waals surface area contributed by atoms with Crippen molar-refractivity contribution in [2.24, 2.45) is 0 Å². The second-order valence-electron chi connectivity index (χ2n) is 4.48. The Bertz CT molecular complexity index is 412. The van der Waals surface area contributed by atoms with Crippen LogP contribution in [0.1, 0.15) is 13.3 Å². The maximum Gasteiger partial charge on any atom is 0.226 e. The summed E-state index contributed by atoms with van der Waals surface area (Å²) in [5.41, 5.74) is 6.32. The molecule has 2 N–H and O–H groups in total. The molecule has 0 radical (unpaired) electrons. The third-order valence-corrected chi connectivity index (χ3v) is 3.72. The fourth-order valence-electron chi connectivity index (χ4n) is 1.64. The molecule has 0 bridgehead atoms. The number of amides is 1. The molecule has 0 saturated carbocycles. The van der Waals surface area contributed by atoms with Crippen LogP contribution < -0.4 is 10.5 Å². The van der Waals surface area contributed by atoms with Crippen molar-refractivity contribution in [1.82, 2.24) is 4.90 Å². The number of nitrogens with two attached hydrogens (primary N) is 1. The Kier molecular flexibility index (Phi) is 6.56. The van der Waals surface area contributed by atoms with Gasteiger partial charge in [-0.15, -0.1) is 0 Å². The van der Waals surface area contributed by atoms with Gasteiger partial charge in [-0.1, -0.05) is 6.07 Å².